The minimum Gasteiger partial charge on any atom is -0.353 e. The Bertz CT molecular complexity index is 584. The fourth-order valence-corrected chi connectivity index (χ4v) is 2.17. The van der Waals surface area contributed by atoms with E-state index in [4.69, 9.17) is 5.26 Å². The largest absolute Gasteiger partial charge is 0.353 e. The highest BCUT2D eigenvalue weighted by Gasteiger charge is 2.48. The molecule has 0 spiro atoms. The summed E-state index contributed by atoms with van der Waals surface area (Å²) in [6, 6.07) is 9.05. The number of amides is 2. The number of hydrogen-bond donors (Lipinski definition) is 2. The molecule has 2 atom stereocenters. The topological polar surface area (TPSA) is 82.0 Å². The van der Waals surface area contributed by atoms with Crippen molar-refractivity contribution < 1.29 is 9.59 Å². The maximum atomic E-state index is 12.0. The van der Waals surface area contributed by atoms with Gasteiger partial charge < -0.3 is 10.6 Å². The molecule has 2 aliphatic rings. The van der Waals surface area contributed by atoms with E-state index in [0.29, 0.717) is 23.7 Å². The van der Waals surface area contributed by atoms with E-state index < -0.39 is 0 Å². The summed E-state index contributed by atoms with van der Waals surface area (Å²) in [5.74, 6) is -0.503. The Balaban J connectivity index is 1.52. The molecule has 20 heavy (non-hydrogen) atoms. The third-order valence-electron chi connectivity index (χ3n) is 3.67. The number of rotatable bonds is 4. The Morgan fingerprint density at radius 2 is 1.75 bits per heavy atom. The molecule has 1 aromatic rings. The molecule has 0 aromatic heterocycles. The molecule has 2 N–H and O–H groups in total. The second-order valence-electron chi connectivity index (χ2n) is 5.41. The molecule has 2 fully saturated rings. The first-order valence-electron chi connectivity index (χ1n) is 6.79. The van der Waals surface area contributed by atoms with E-state index in [9.17, 15) is 9.59 Å². The quantitative estimate of drug-likeness (QED) is 0.867. The number of benzene rings is 1. The Labute approximate surface area is 117 Å². The highest BCUT2D eigenvalue weighted by molar-refractivity contribution is 5.99. The van der Waals surface area contributed by atoms with Gasteiger partial charge in [0.25, 0.3) is 0 Å². The third-order valence-corrected chi connectivity index (χ3v) is 3.67. The molecule has 1 aromatic carbocycles. The van der Waals surface area contributed by atoms with E-state index in [0.717, 1.165) is 12.8 Å². The molecule has 2 saturated carbocycles. The second-order valence-corrected chi connectivity index (χ2v) is 5.41. The summed E-state index contributed by atoms with van der Waals surface area (Å²) in [4.78, 5) is 23.8. The molecule has 2 unspecified atom stereocenters. The first-order valence-corrected chi connectivity index (χ1v) is 6.79. The highest BCUT2D eigenvalue weighted by atomic mass is 16.2. The van der Waals surface area contributed by atoms with Crippen LogP contribution in [0.3, 0.4) is 0 Å². The van der Waals surface area contributed by atoms with Crippen molar-refractivity contribution in [1.82, 2.24) is 5.32 Å². The molecular weight excluding hydrogens is 254 g/mol. The molecule has 3 rings (SSSR count). The maximum absolute atomic E-state index is 12.0. The molecule has 0 heterocycles. The van der Waals surface area contributed by atoms with Crippen LogP contribution in [0.4, 0.5) is 5.69 Å². The summed E-state index contributed by atoms with van der Waals surface area (Å²) in [5, 5.41) is 14.4. The molecular formula is C15H15N3O2. The molecule has 102 valence electrons. The average molecular weight is 269 g/mol. The van der Waals surface area contributed by atoms with Crippen molar-refractivity contribution in [3.05, 3.63) is 29.8 Å². The Morgan fingerprint density at radius 3 is 2.35 bits per heavy atom. The summed E-state index contributed by atoms with van der Waals surface area (Å²) in [7, 11) is 0. The van der Waals surface area contributed by atoms with Crippen molar-refractivity contribution >= 4 is 17.5 Å². The van der Waals surface area contributed by atoms with Crippen LogP contribution in [0.15, 0.2) is 24.3 Å². The van der Waals surface area contributed by atoms with Crippen LogP contribution in [-0.4, -0.2) is 17.9 Å². The first kappa shape index (κ1) is 12.7. The van der Waals surface area contributed by atoms with Gasteiger partial charge in [-0.05, 0) is 43.5 Å². The lowest BCUT2D eigenvalue weighted by molar-refractivity contribution is -0.125. The lowest BCUT2D eigenvalue weighted by Crippen LogP contribution is -2.29. The van der Waals surface area contributed by atoms with E-state index in [1.165, 1.54) is 0 Å². The summed E-state index contributed by atoms with van der Waals surface area (Å²) in [5.41, 5.74) is 1.21. The standard InChI is InChI=1S/C15H15N3O2/c16-8-9-1-3-10(4-2-9)17-14(19)12-7-13(12)15(20)18-11-5-6-11/h1-4,11-13H,5-7H2,(H,17,19)(H,18,20). The van der Waals surface area contributed by atoms with Crippen molar-refractivity contribution in [3.8, 4) is 6.07 Å². The zero-order chi connectivity index (χ0) is 14.1. The van der Waals surface area contributed by atoms with Gasteiger partial charge in [-0.15, -0.1) is 0 Å². The minimum absolute atomic E-state index is 0.00692. The van der Waals surface area contributed by atoms with Gasteiger partial charge in [0, 0.05) is 11.7 Å². The fraction of sp³-hybridized carbons (Fsp3) is 0.400. The van der Waals surface area contributed by atoms with Crippen LogP contribution in [-0.2, 0) is 9.59 Å². The van der Waals surface area contributed by atoms with Crippen LogP contribution in [0.1, 0.15) is 24.8 Å². The summed E-state index contributed by atoms with van der Waals surface area (Å²) >= 11 is 0. The van der Waals surface area contributed by atoms with Gasteiger partial charge in [-0.3, -0.25) is 9.59 Å². The number of hydrogen-bond acceptors (Lipinski definition) is 3. The van der Waals surface area contributed by atoms with Crippen molar-refractivity contribution in [2.75, 3.05) is 5.32 Å². The molecule has 0 bridgehead atoms. The lowest BCUT2D eigenvalue weighted by atomic mass is 10.2. The van der Waals surface area contributed by atoms with Crippen molar-refractivity contribution in [2.24, 2.45) is 11.8 Å². The SMILES string of the molecule is N#Cc1ccc(NC(=O)C2CC2C(=O)NC2CC2)cc1. The summed E-state index contributed by atoms with van der Waals surface area (Å²) in [6.07, 6.45) is 2.74. The molecule has 5 nitrogen and oxygen atoms in total. The van der Waals surface area contributed by atoms with Crippen LogP contribution in [0.2, 0.25) is 0 Å². The normalized spacial score (nSPS) is 23.6. The van der Waals surface area contributed by atoms with E-state index in [1.54, 1.807) is 24.3 Å². The van der Waals surface area contributed by atoms with Gasteiger partial charge >= 0.3 is 0 Å². The van der Waals surface area contributed by atoms with Gasteiger partial charge in [0.1, 0.15) is 0 Å². The van der Waals surface area contributed by atoms with Gasteiger partial charge in [-0.2, -0.15) is 5.26 Å². The Morgan fingerprint density at radius 1 is 1.10 bits per heavy atom. The first-order chi connectivity index (χ1) is 9.67. The number of nitriles is 1. The van der Waals surface area contributed by atoms with E-state index in [1.807, 2.05) is 6.07 Å². The maximum Gasteiger partial charge on any atom is 0.228 e. The van der Waals surface area contributed by atoms with E-state index >= 15 is 0 Å². The zero-order valence-electron chi connectivity index (χ0n) is 10.9. The summed E-state index contributed by atoms with van der Waals surface area (Å²) in [6.45, 7) is 0. The van der Waals surface area contributed by atoms with Gasteiger partial charge in [-0.25, -0.2) is 0 Å². The molecule has 2 aliphatic carbocycles. The van der Waals surface area contributed by atoms with Crippen molar-refractivity contribution in [3.63, 3.8) is 0 Å². The molecule has 0 aliphatic heterocycles. The Kier molecular flexibility index (Phi) is 3.15. The monoisotopic (exact) mass is 269 g/mol. The van der Waals surface area contributed by atoms with Crippen LogP contribution in [0, 0.1) is 23.2 Å². The van der Waals surface area contributed by atoms with E-state index in [-0.39, 0.29) is 23.7 Å². The number of anilines is 1. The van der Waals surface area contributed by atoms with Crippen LogP contribution in [0.5, 0.6) is 0 Å². The Hall–Kier alpha value is -2.35. The van der Waals surface area contributed by atoms with Crippen LogP contribution < -0.4 is 10.6 Å². The predicted octanol–water partition coefficient (Wildman–Crippen LogP) is 1.41. The van der Waals surface area contributed by atoms with Crippen LogP contribution in [0.25, 0.3) is 0 Å². The number of nitrogens with zero attached hydrogens (tertiary/aromatic N) is 1. The highest BCUT2D eigenvalue weighted by Crippen LogP contribution is 2.40. The number of carbonyl (C=O) groups excluding carboxylic acids is 2. The van der Waals surface area contributed by atoms with Gasteiger partial charge in [0.2, 0.25) is 11.8 Å². The van der Waals surface area contributed by atoms with Crippen molar-refractivity contribution in [2.45, 2.75) is 25.3 Å². The van der Waals surface area contributed by atoms with Gasteiger partial charge in [-0.1, -0.05) is 0 Å². The van der Waals surface area contributed by atoms with E-state index in [2.05, 4.69) is 10.6 Å². The number of nitrogens with one attached hydrogen (secondary N) is 2. The lowest BCUT2D eigenvalue weighted by Gasteiger charge is -2.05. The van der Waals surface area contributed by atoms with Crippen molar-refractivity contribution in [1.29, 1.82) is 5.26 Å². The molecule has 0 radical (unpaired) electrons. The second kappa shape index (κ2) is 4.97. The molecule has 2 amide bonds. The van der Waals surface area contributed by atoms with Gasteiger partial charge in [0.15, 0.2) is 0 Å². The predicted molar refractivity (Wildman–Crippen MR) is 72.5 cm³/mol. The molecule has 5 heteroatoms. The molecule has 0 saturated heterocycles. The fourth-order valence-electron chi connectivity index (χ4n) is 2.17. The average Bonchev–Trinajstić information content (AvgIpc) is 3.33. The zero-order valence-corrected chi connectivity index (χ0v) is 10.9. The third kappa shape index (κ3) is 2.80. The van der Waals surface area contributed by atoms with Crippen LogP contribution >= 0.6 is 0 Å². The minimum atomic E-state index is -0.218. The van der Waals surface area contributed by atoms with Gasteiger partial charge in [0.05, 0.1) is 23.5 Å². The summed E-state index contributed by atoms with van der Waals surface area (Å²) < 4.78 is 0. The smallest absolute Gasteiger partial charge is 0.228 e. The number of carbonyl (C=O) groups is 2.